The molecule has 0 unspecified atom stereocenters. The van der Waals surface area contributed by atoms with Crippen LogP contribution in [0.15, 0.2) is 59.5 Å². The van der Waals surface area contributed by atoms with Crippen LogP contribution in [-0.2, 0) is 10.0 Å². The highest BCUT2D eigenvalue weighted by Crippen LogP contribution is 2.36. The summed E-state index contributed by atoms with van der Waals surface area (Å²) in [6, 6.07) is 12.4. The third kappa shape index (κ3) is 3.25. The van der Waals surface area contributed by atoms with Gasteiger partial charge in [-0.3, -0.25) is 0 Å². The molecule has 0 amide bonds. The van der Waals surface area contributed by atoms with Gasteiger partial charge in [0, 0.05) is 22.5 Å². The maximum atomic E-state index is 13.4. The van der Waals surface area contributed by atoms with E-state index in [4.69, 9.17) is 5.14 Å². The van der Waals surface area contributed by atoms with E-state index in [1.807, 2.05) is 0 Å². The first-order valence-electron chi connectivity index (χ1n) is 7.58. The highest BCUT2D eigenvalue weighted by atomic mass is 32.2. The highest BCUT2D eigenvalue weighted by molar-refractivity contribution is 7.89. The summed E-state index contributed by atoms with van der Waals surface area (Å²) >= 11 is 0. The van der Waals surface area contributed by atoms with Crippen LogP contribution in [0.3, 0.4) is 0 Å². The summed E-state index contributed by atoms with van der Waals surface area (Å²) in [5.41, 5.74) is 0.831. The van der Waals surface area contributed by atoms with Crippen LogP contribution >= 0.6 is 0 Å². The summed E-state index contributed by atoms with van der Waals surface area (Å²) in [4.78, 5) is -0.179. The fraction of sp³-hybridized carbons (Fsp3) is 0.111. The van der Waals surface area contributed by atoms with Crippen molar-refractivity contribution in [2.24, 2.45) is 5.14 Å². The van der Waals surface area contributed by atoms with Crippen molar-refractivity contribution in [2.75, 3.05) is 0 Å². The van der Waals surface area contributed by atoms with Crippen LogP contribution in [0.4, 0.5) is 13.2 Å². The van der Waals surface area contributed by atoms with Crippen LogP contribution in [0, 0.1) is 12.7 Å². The Hall–Kier alpha value is -2.58. The minimum absolute atomic E-state index is 0.179. The number of benzene rings is 2. The predicted octanol–water partition coefficient (Wildman–Crippen LogP) is 4.18. The third-order valence-electron chi connectivity index (χ3n) is 4.08. The van der Waals surface area contributed by atoms with E-state index in [2.05, 4.69) is 0 Å². The third-order valence-corrected chi connectivity index (χ3v) is 5.04. The van der Waals surface area contributed by atoms with Crippen molar-refractivity contribution >= 4 is 10.0 Å². The van der Waals surface area contributed by atoms with Crippen LogP contribution < -0.4 is 5.14 Å². The smallest absolute Gasteiger partial charge is 0.265 e. The Morgan fingerprint density at radius 1 is 1.04 bits per heavy atom. The molecular weight excluding hydrogens is 365 g/mol. The number of halogens is 3. The lowest BCUT2D eigenvalue weighted by molar-refractivity contribution is 0.150. The average molecular weight is 380 g/mol. The zero-order valence-corrected chi connectivity index (χ0v) is 14.5. The van der Waals surface area contributed by atoms with Crippen molar-refractivity contribution in [3.8, 4) is 16.9 Å². The van der Waals surface area contributed by atoms with Crippen molar-refractivity contribution in [2.45, 2.75) is 18.2 Å². The van der Waals surface area contributed by atoms with Gasteiger partial charge in [0.05, 0.1) is 10.6 Å². The molecular formula is C18H15F3N2O2S. The first-order valence-corrected chi connectivity index (χ1v) is 9.13. The van der Waals surface area contributed by atoms with E-state index in [9.17, 15) is 21.6 Å². The van der Waals surface area contributed by atoms with Gasteiger partial charge in [-0.05, 0) is 43.3 Å². The quantitative estimate of drug-likeness (QED) is 0.738. The summed E-state index contributed by atoms with van der Waals surface area (Å²) in [6.07, 6.45) is -2.75. The van der Waals surface area contributed by atoms with Gasteiger partial charge in [0.25, 0.3) is 6.43 Å². The topological polar surface area (TPSA) is 65.1 Å². The van der Waals surface area contributed by atoms with Crippen LogP contribution in [0.25, 0.3) is 16.9 Å². The summed E-state index contributed by atoms with van der Waals surface area (Å²) in [5, 5.41) is 5.27. The first-order chi connectivity index (χ1) is 12.2. The van der Waals surface area contributed by atoms with Crippen LogP contribution in [0.2, 0.25) is 0 Å². The maximum absolute atomic E-state index is 13.4. The van der Waals surface area contributed by atoms with Gasteiger partial charge < -0.3 is 4.57 Å². The van der Waals surface area contributed by atoms with E-state index in [1.165, 1.54) is 60.0 Å². The van der Waals surface area contributed by atoms with Gasteiger partial charge in [-0.25, -0.2) is 26.7 Å². The largest absolute Gasteiger partial charge is 0.313 e. The Labute approximate surface area is 148 Å². The lowest BCUT2D eigenvalue weighted by Crippen LogP contribution is -2.14. The summed E-state index contributed by atoms with van der Waals surface area (Å²) in [5.74, 6) is -0.473. The number of nitrogens with two attached hydrogens (primary N) is 1. The molecule has 0 atom stereocenters. The molecule has 0 saturated heterocycles. The molecule has 3 rings (SSSR count). The van der Waals surface area contributed by atoms with Crippen LogP contribution in [0.5, 0.6) is 0 Å². The molecule has 3 aromatic rings. The molecule has 8 heteroatoms. The van der Waals surface area contributed by atoms with E-state index in [0.717, 1.165) is 0 Å². The second kappa shape index (κ2) is 6.62. The Balaban J connectivity index is 2.36. The molecule has 0 saturated carbocycles. The lowest BCUT2D eigenvalue weighted by atomic mass is 10.1. The van der Waals surface area contributed by atoms with Crippen LogP contribution in [0.1, 0.15) is 17.7 Å². The predicted molar refractivity (Wildman–Crippen MR) is 92.2 cm³/mol. The minimum atomic E-state index is -4.07. The van der Waals surface area contributed by atoms with Gasteiger partial charge in [0.2, 0.25) is 10.0 Å². The zero-order valence-electron chi connectivity index (χ0n) is 13.7. The van der Waals surface area contributed by atoms with Gasteiger partial charge in [-0.1, -0.05) is 18.2 Å². The normalized spacial score (nSPS) is 11.9. The van der Waals surface area contributed by atoms with E-state index in [1.54, 1.807) is 6.07 Å². The number of aromatic nitrogens is 1. The summed E-state index contributed by atoms with van der Waals surface area (Å²) in [6.45, 7) is 1.49. The fourth-order valence-corrected chi connectivity index (χ4v) is 3.64. The zero-order chi connectivity index (χ0) is 19.1. The Morgan fingerprint density at radius 2 is 1.65 bits per heavy atom. The SMILES string of the molecule is Cc1c(C(F)F)cc(-c2ccccc2S(N)(=O)=O)n1-c1ccc(F)cc1. The molecule has 1 heterocycles. The molecule has 4 nitrogen and oxygen atoms in total. The van der Waals surface area contributed by atoms with Crippen molar-refractivity contribution in [1.29, 1.82) is 0 Å². The van der Waals surface area contributed by atoms with Gasteiger partial charge in [0.1, 0.15) is 5.82 Å². The summed E-state index contributed by atoms with van der Waals surface area (Å²) in [7, 11) is -4.07. The molecule has 136 valence electrons. The fourth-order valence-electron chi connectivity index (χ4n) is 2.89. The molecule has 2 N–H and O–H groups in total. The van der Waals surface area contributed by atoms with E-state index >= 15 is 0 Å². The molecule has 0 radical (unpaired) electrons. The molecule has 1 aromatic heterocycles. The van der Waals surface area contributed by atoms with Crippen LogP contribution in [-0.4, -0.2) is 13.0 Å². The average Bonchev–Trinajstić information content (AvgIpc) is 2.92. The molecule has 26 heavy (non-hydrogen) atoms. The molecule has 0 spiro atoms. The molecule has 0 aliphatic rings. The van der Waals surface area contributed by atoms with Crippen molar-refractivity contribution in [3.05, 3.63) is 71.7 Å². The number of sulfonamides is 1. The molecule has 0 fully saturated rings. The number of hydrogen-bond donors (Lipinski definition) is 1. The van der Waals surface area contributed by atoms with E-state index < -0.39 is 22.3 Å². The molecule has 2 aromatic carbocycles. The standard InChI is InChI=1S/C18H15F3N2O2S/c1-11-15(18(20)21)10-16(23(11)13-8-6-12(19)7-9-13)14-4-2-3-5-17(14)26(22,24)25/h2-10,18H,1H3,(H2,22,24,25). The molecule has 0 aliphatic heterocycles. The Kier molecular flexibility index (Phi) is 4.64. The first kappa shape index (κ1) is 18.2. The van der Waals surface area contributed by atoms with Crippen molar-refractivity contribution < 1.29 is 21.6 Å². The number of primary sulfonamides is 1. The van der Waals surface area contributed by atoms with E-state index in [0.29, 0.717) is 5.69 Å². The minimum Gasteiger partial charge on any atom is -0.313 e. The second-order valence-electron chi connectivity index (χ2n) is 5.72. The van der Waals surface area contributed by atoms with E-state index in [-0.39, 0.29) is 27.4 Å². The van der Waals surface area contributed by atoms with Gasteiger partial charge >= 0.3 is 0 Å². The number of nitrogens with zero attached hydrogens (tertiary/aromatic N) is 1. The monoisotopic (exact) mass is 380 g/mol. The Bertz CT molecular complexity index is 1060. The molecule has 0 aliphatic carbocycles. The second-order valence-corrected chi connectivity index (χ2v) is 7.25. The Morgan fingerprint density at radius 3 is 2.23 bits per heavy atom. The molecule has 0 bridgehead atoms. The van der Waals surface area contributed by atoms with Gasteiger partial charge in [0.15, 0.2) is 0 Å². The highest BCUT2D eigenvalue weighted by Gasteiger charge is 2.24. The maximum Gasteiger partial charge on any atom is 0.265 e. The number of rotatable bonds is 4. The number of alkyl halides is 2. The van der Waals surface area contributed by atoms with Crippen molar-refractivity contribution in [3.63, 3.8) is 0 Å². The van der Waals surface area contributed by atoms with Crippen molar-refractivity contribution in [1.82, 2.24) is 4.57 Å². The summed E-state index contributed by atoms with van der Waals surface area (Å²) < 4.78 is 65.4. The number of hydrogen-bond acceptors (Lipinski definition) is 2. The van der Waals surface area contributed by atoms with Gasteiger partial charge in [-0.2, -0.15) is 0 Å². The van der Waals surface area contributed by atoms with Gasteiger partial charge in [-0.15, -0.1) is 0 Å². The lowest BCUT2D eigenvalue weighted by Gasteiger charge is -2.14.